The monoisotopic (exact) mass is 266 g/mol. The summed E-state index contributed by atoms with van der Waals surface area (Å²) >= 11 is 0. The fourth-order valence-corrected chi connectivity index (χ4v) is 2.96. The summed E-state index contributed by atoms with van der Waals surface area (Å²) in [4.78, 5) is 2.95. The summed E-state index contributed by atoms with van der Waals surface area (Å²) in [6.07, 6.45) is 5.91. The lowest BCUT2D eigenvalue weighted by molar-refractivity contribution is 0.254. The number of nitrogens with one attached hydrogen (secondary N) is 1. The van der Waals surface area contributed by atoms with Gasteiger partial charge in [0, 0.05) is 13.1 Å². The maximum Gasteiger partial charge on any atom is 0.253 e. The Morgan fingerprint density at radius 2 is 1.61 bits per heavy atom. The van der Waals surface area contributed by atoms with Crippen LogP contribution in [0.1, 0.15) is 18.4 Å². The average Bonchev–Trinajstić information content (AvgIpc) is 2.57. The molecule has 0 aromatic heterocycles. The highest BCUT2D eigenvalue weighted by Gasteiger charge is 2.17. The van der Waals surface area contributed by atoms with Crippen molar-refractivity contribution in [1.82, 2.24) is 9.84 Å². The zero-order valence-corrected chi connectivity index (χ0v) is 11.3. The van der Waals surface area contributed by atoms with Crippen LogP contribution in [0.3, 0.4) is 0 Å². The molecule has 0 unspecified atom stereocenters. The first-order valence-electron chi connectivity index (χ1n) is 6.07. The molecule has 1 heterocycles. The van der Waals surface area contributed by atoms with Gasteiger partial charge in [-0.1, -0.05) is 29.8 Å². The van der Waals surface area contributed by atoms with Crippen molar-refractivity contribution < 1.29 is 8.42 Å². The van der Waals surface area contributed by atoms with Crippen LogP contribution in [0.5, 0.6) is 0 Å². The highest BCUT2D eigenvalue weighted by atomic mass is 32.2. The summed E-state index contributed by atoms with van der Waals surface area (Å²) in [5, 5.41) is 1.76. The van der Waals surface area contributed by atoms with Gasteiger partial charge in [-0.05, 0) is 31.9 Å². The van der Waals surface area contributed by atoms with Crippen LogP contribution >= 0.6 is 0 Å². The third kappa shape index (κ3) is 3.41. The molecule has 1 aromatic carbocycles. The number of nitrogens with zero attached hydrogens (tertiary/aromatic N) is 1. The topological polar surface area (TPSA) is 49.4 Å². The lowest BCUT2D eigenvalue weighted by atomic mass is 10.2. The van der Waals surface area contributed by atoms with Gasteiger partial charge in [-0.15, -0.1) is 4.83 Å². The van der Waals surface area contributed by atoms with Crippen LogP contribution in [0.25, 0.3) is 0 Å². The molecule has 0 saturated carbocycles. The van der Waals surface area contributed by atoms with E-state index in [0.29, 0.717) is 18.0 Å². The number of sulfonamides is 1. The van der Waals surface area contributed by atoms with E-state index < -0.39 is 10.0 Å². The molecule has 0 amide bonds. The molecule has 1 aliphatic rings. The Balaban J connectivity index is 2.09. The Hall–Kier alpha value is -1.17. The second kappa shape index (κ2) is 5.65. The van der Waals surface area contributed by atoms with Gasteiger partial charge < -0.3 is 0 Å². The molecule has 0 radical (unpaired) electrons. The molecule has 1 aromatic rings. The van der Waals surface area contributed by atoms with Crippen LogP contribution in [0.15, 0.2) is 41.3 Å². The van der Waals surface area contributed by atoms with E-state index in [1.54, 1.807) is 29.3 Å². The second-order valence-corrected chi connectivity index (χ2v) is 6.10. The third-order valence-corrected chi connectivity index (χ3v) is 4.27. The summed E-state index contributed by atoms with van der Waals surface area (Å²) in [5.41, 5.74) is 1.05. The Kier molecular flexibility index (Phi) is 4.16. The van der Waals surface area contributed by atoms with E-state index >= 15 is 0 Å². The Bertz CT molecular complexity index is 510. The van der Waals surface area contributed by atoms with Crippen LogP contribution < -0.4 is 4.83 Å². The van der Waals surface area contributed by atoms with Gasteiger partial charge in [0.2, 0.25) is 0 Å². The minimum absolute atomic E-state index is 0.310. The molecule has 0 saturated heterocycles. The van der Waals surface area contributed by atoms with Crippen molar-refractivity contribution in [2.75, 3.05) is 13.1 Å². The summed E-state index contributed by atoms with van der Waals surface area (Å²) < 4.78 is 24.3. The van der Waals surface area contributed by atoms with E-state index in [1.165, 1.54) is 0 Å². The number of hydrogen-bond acceptors (Lipinski definition) is 3. The maximum absolute atomic E-state index is 12.2. The maximum atomic E-state index is 12.2. The van der Waals surface area contributed by atoms with E-state index in [-0.39, 0.29) is 0 Å². The van der Waals surface area contributed by atoms with Gasteiger partial charge in [0.1, 0.15) is 0 Å². The molecule has 1 aliphatic heterocycles. The van der Waals surface area contributed by atoms with Gasteiger partial charge in [0.05, 0.1) is 4.90 Å². The van der Waals surface area contributed by atoms with E-state index in [0.717, 1.165) is 18.4 Å². The fourth-order valence-electron chi connectivity index (χ4n) is 1.84. The largest absolute Gasteiger partial charge is 0.253 e. The van der Waals surface area contributed by atoms with Crippen LogP contribution in [0.2, 0.25) is 0 Å². The minimum atomic E-state index is -3.44. The number of hydrazine groups is 1. The van der Waals surface area contributed by atoms with Gasteiger partial charge in [-0.25, -0.2) is 13.4 Å². The summed E-state index contributed by atoms with van der Waals surface area (Å²) in [7, 11) is -3.44. The molecule has 5 heteroatoms. The van der Waals surface area contributed by atoms with Crippen molar-refractivity contribution in [2.24, 2.45) is 0 Å². The van der Waals surface area contributed by atoms with Crippen molar-refractivity contribution in [3.8, 4) is 0 Å². The quantitative estimate of drug-likeness (QED) is 0.849. The van der Waals surface area contributed by atoms with Crippen molar-refractivity contribution in [2.45, 2.75) is 24.7 Å². The van der Waals surface area contributed by atoms with Gasteiger partial charge in [-0.2, -0.15) is 0 Å². The Morgan fingerprint density at radius 1 is 1.06 bits per heavy atom. The molecule has 0 aliphatic carbocycles. The van der Waals surface area contributed by atoms with Crippen molar-refractivity contribution in [3.05, 3.63) is 42.0 Å². The van der Waals surface area contributed by atoms with E-state index in [9.17, 15) is 8.42 Å². The standard InChI is InChI=1S/C13H18N2O2S/c1-12-6-8-13(9-7-12)18(16,17)14-15-10-4-2-3-5-11-15/h2-3,6-9,14H,4-5,10-11H2,1H3. The molecule has 98 valence electrons. The molecule has 4 nitrogen and oxygen atoms in total. The number of rotatable bonds is 3. The average molecular weight is 266 g/mol. The summed E-state index contributed by atoms with van der Waals surface area (Å²) in [5.74, 6) is 0. The van der Waals surface area contributed by atoms with Gasteiger partial charge >= 0.3 is 0 Å². The summed E-state index contributed by atoms with van der Waals surface area (Å²) in [6.45, 7) is 3.35. The predicted octanol–water partition coefficient (Wildman–Crippen LogP) is 1.84. The van der Waals surface area contributed by atoms with Crippen molar-refractivity contribution >= 4 is 10.0 Å². The summed E-state index contributed by atoms with van der Waals surface area (Å²) in [6, 6.07) is 6.87. The number of hydrogen-bond donors (Lipinski definition) is 1. The van der Waals surface area contributed by atoms with Gasteiger partial charge in [0.15, 0.2) is 0 Å². The van der Waals surface area contributed by atoms with Crippen LogP contribution in [-0.2, 0) is 10.0 Å². The molecule has 0 bridgehead atoms. The molecule has 2 rings (SSSR count). The highest BCUT2D eigenvalue weighted by molar-refractivity contribution is 7.89. The fraction of sp³-hybridized carbons (Fsp3) is 0.385. The van der Waals surface area contributed by atoms with Crippen molar-refractivity contribution in [3.63, 3.8) is 0 Å². The molecule has 1 N–H and O–H groups in total. The van der Waals surface area contributed by atoms with E-state index in [2.05, 4.69) is 17.0 Å². The van der Waals surface area contributed by atoms with E-state index in [1.807, 2.05) is 6.92 Å². The first-order valence-corrected chi connectivity index (χ1v) is 7.55. The van der Waals surface area contributed by atoms with Gasteiger partial charge in [-0.3, -0.25) is 0 Å². The predicted molar refractivity (Wildman–Crippen MR) is 71.4 cm³/mol. The highest BCUT2D eigenvalue weighted by Crippen LogP contribution is 2.11. The van der Waals surface area contributed by atoms with Crippen LogP contribution in [0.4, 0.5) is 0 Å². The van der Waals surface area contributed by atoms with Crippen LogP contribution in [-0.4, -0.2) is 26.5 Å². The second-order valence-electron chi connectivity index (χ2n) is 4.44. The SMILES string of the molecule is Cc1ccc(S(=O)(=O)NN2CCC=CCC2)cc1. The lowest BCUT2D eigenvalue weighted by Crippen LogP contribution is -2.42. The molecular weight excluding hydrogens is 248 g/mol. The lowest BCUT2D eigenvalue weighted by Gasteiger charge is -2.20. The number of benzene rings is 1. The smallest absolute Gasteiger partial charge is 0.230 e. The van der Waals surface area contributed by atoms with E-state index in [4.69, 9.17) is 0 Å². The normalized spacial score (nSPS) is 17.6. The third-order valence-electron chi connectivity index (χ3n) is 2.88. The molecular formula is C13H18N2O2S. The number of aryl methyl sites for hydroxylation is 1. The first-order chi connectivity index (χ1) is 8.58. The molecule has 0 fully saturated rings. The molecule has 0 atom stereocenters. The Labute approximate surface area is 108 Å². The Morgan fingerprint density at radius 3 is 2.17 bits per heavy atom. The first kappa shape index (κ1) is 13.3. The zero-order chi connectivity index (χ0) is 13.0. The van der Waals surface area contributed by atoms with Gasteiger partial charge in [0.25, 0.3) is 10.0 Å². The molecule has 18 heavy (non-hydrogen) atoms. The van der Waals surface area contributed by atoms with Crippen molar-refractivity contribution in [1.29, 1.82) is 0 Å². The molecule has 0 spiro atoms. The minimum Gasteiger partial charge on any atom is -0.230 e. The van der Waals surface area contributed by atoms with Crippen LogP contribution in [0, 0.1) is 6.92 Å². The zero-order valence-electron chi connectivity index (χ0n) is 10.5.